The van der Waals surface area contributed by atoms with Gasteiger partial charge >= 0.3 is 6.09 Å². The van der Waals surface area contributed by atoms with Gasteiger partial charge in [0, 0.05) is 11.8 Å². The zero-order valence-corrected chi connectivity index (χ0v) is 12.4. The van der Waals surface area contributed by atoms with Crippen molar-refractivity contribution in [1.82, 2.24) is 0 Å². The van der Waals surface area contributed by atoms with E-state index in [1.165, 1.54) is 7.11 Å². The molecule has 0 aliphatic carbocycles. The van der Waals surface area contributed by atoms with Crippen LogP contribution in [-0.4, -0.2) is 25.4 Å². The van der Waals surface area contributed by atoms with Crippen LogP contribution in [-0.2, 0) is 4.74 Å². The van der Waals surface area contributed by atoms with Crippen molar-refractivity contribution in [3.63, 3.8) is 0 Å². The summed E-state index contributed by atoms with van der Waals surface area (Å²) < 4.78 is 15.8. The summed E-state index contributed by atoms with van der Waals surface area (Å²) in [7, 11) is 1.54. The monoisotopic (exact) mass is 279 g/mol. The van der Waals surface area contributed by atoms with E-state index < -0.39 is 11.7 Å². The van der Waals surface area contributed by atoms with Crippen LogP contribution in [0.25, 0.3) is 0 Å². The van der Waals surface area contributed by atoms with Gasteiger partial charge in [0.15, 0.2) is 11.5 Å². The predicted molar refractivity (Wildman–Crippen MR) is 78.5 cm³/mol. The van der Waals surface area contributed by atoms with Gasteiger partial charge in [0.25, 0.3) is 0 Å². The highest BCUT2D eigenvalue weighted by atomic mass is 16.6. The Bertz CT molecular complexity index is 477. The molecule has 0 unspecified atom stereocenters. The average Bonchev–Trinajstić information content (AvgIpc) is 2.34. The van der Waals surface area contributed by atoms with Crippen molar-refractivity contribution in [1.29, 1.82) is 0 Å². The summed E-state index contributed by atoms with van der Waals surface area (Å²) in [5.41, 5.74) is 0.0309. The van der Waals surface area contributed by atoms with Crippen LogP contribution in [0.4, 0.5) is 10.5 Å². The highest BCUT2D eigenvalue weighted by Crippen LogP contribution is 2.30. The zero-order valence-electron chi connectivity index (χ0n) is 12.4. The van der Waals surface area contributed by atoms with Crippen LogP contribution < -0.4 is 14.8 Å². The highest BCUT2D eigenvalue weighted by Gasteiger charge is 2.16. The summed E-state index contributed by atoms with van der Waals surface area (Å²) in [5, 5.41) is 2.64. The van der Waals surface area contributed by atoms with Crippen molar-refractivity contribution in [3.05, 3.63) is 30.9 Å². The summed E-state index contributed by atoms with van der Waals surface area (Å²) in [5.74, 6) is 1.11. The van der Waals surface area contributed by atoms with Gasteiger partial charge < -0.3 is 14.2 Å². The molecular formula is C15H21NO4. The molecule has 0 saturated carbocycles. The number of hydrogen-bond donors (Lipinski definition) is 1. The number of rotatable bonds is 5. The van der Waals surface area contributed by atoms with E-state index in [0.717, 1.165) is 0 Å². The lowest BCUT2D eigenvalue weighted by Crippen LogP contribution is -2.27. The van der Waals surface area contributed by atoms with Crippen LogP contribution in [0.1, 0.15) is 20.8 Å². The molecule has 0 aliphatic heterocycles. The van der Waals surface area contributed by atoms with Crippen molar-refractivity contribution in [2.75, 3.05) is 19.0 Å². The molecule has 0 bridgehead atoms. The fourth-order valence-electron chi connectivity index (χ4n) is 1.43. The van der Waals surface area contributed by atoms with Gasteiger partial charge in [0.1, 0.15) is 12.2 Å². The lowest BCUT2D eigenvalue weighted by Gasteiger charge is -2.20. The molecule has 1 aromatic rings. The van der Waals surface area contributed by atoms with Gasteiger partial charge in [-0.05, 0) is 32.9 Å². The normalized spacial score (nSPS) is 10.6. The van der Waals surface area contributed by atoms with E-state index in [0.29, 0.717) is 23.8 Å². The molecule has 0 saturated heterocycles. The van der Waals surface area contributed by atoms with Crippen molar-refractivity contribution < 1.29 is 19.0 Å². The lowest BCUT2D eigenvalue weighted by atomic mass is 10.2. The van der Waals surface area contributed by atoms with Crippen LogP contribution in [0.15, 0.2) is 30.9 Å². The first-order valence-electron chi connectivity index (χ1n) is 6.27. The van der Waals surface area contributed by atoms with Crippen molar-refractivity contribution in [3.8, 4) is 11.5 Å². The Hall–Kier alpha value is -2.17. The summed E-state index contributed by atoms with van der Waals surface area (Å²) in [4.78, 5) is 11.7. The summed E-state index contributed by atoms with van der Waals surface area (Å²) in [6, 6.07) is 5.10. The van der Waals surface area contributed by atoms with Crippen molar-refractivity contribution in [2.24, 2.45) is 0 Å². The number of anilines is 1. The molecule has 0 spiro atoms. The number of nitrogens with one attached hydrogen (secondary N) is 1. The van der Waals surface area contributed by atoms with E-state index >= 15 is 0 Å². The number of carbonyl (C=O) groups is 1. The molecule has 0 radical (unpaired) electrons. The number of amides is 1. The first-order valence-corrected chi connectivity index (χ1v) is 6.27. The topological polar surface area (TPSA) is 56.8 Å². The maximum Gasteiger partial charge on any atom is 0.412 e. The average molecular weight is 279 g/mol. The van der Waals surface area contributed by atoms with Gasteiger partial charge in [0.05, 0.1) is 7.11 Å². The Morgan fingerprint density at radius 1 is 1.35 bits per heavy atom. The molecule has 0 aliphatic rings. The molecule has 1 N–H and O–H groups in total. The third kappa shape index (κ3) is 5.22. The summed E-state index contributed by atoms with van der Waals surface area (Å²) in [6.45, 7) is 9.38. The van der Waals surface area contributed by atoms with Crippen LogP contribution in [0, 0.1) is 0 Å². The van der Waals surface area contributed by atoms with Gasteiger partial charge in [-0.1, -0.05) is 12.7 Å². The maximum atomic E-state index is 11.7. The van der Waals surface area contributed by atoms with Crippen LogP contribution in [0.5, 0.6) is 11.5 Å². The number of methoxy groups -OCH3 is 1. The number of carbonyl (C=O) groups excluding carboxylic acids is 1. The van der Waals surface area contributed by atoms with E-state index in [1.54, 1.807) is 45.0 Å². The summed E-state index contributed by atoms with van der Waals surface area (Å²) >= 11 is 0. The minimum Gasteiger partial charge on any atom is -0.493 e. The van der Waals surface area contributed by atoms with E-state index in [9.17, 15) is 4.79 Å². The molecule has 0 fully saturated rings. The smallest absolute Gasteiger partial charge is 0.412 e. The minimum absolute atomic E-state index is 0.384. The minimum atomic E-state index is -0.540. The predicted octanol–water partition coefficient (Wildman–Crippen LogP) is 3.61. The van der Waals surface area contributed by atoms with Gasteiger partial charge in [-0.15, -0.1) is 0 Å². The van der Waals surface area contributed by atoms with Gasteiger partial charge in [-0.25, -0.2) is 4.79 Å². The molecular weight excluding hydrogens is 258 g/mol. The second kappa shape index (κ2) is 6.84. The van der Waals surface area contributed by atoms with Crippen molar-refractivity contribution in [2.45, 2.75) is 26.4 Å². The van der Waals surface area contributed by atoms with Crippen LogP contribution in [0.2, 0.25) is 0 Å². The first kappa shape index (κ1) is 15.9. The van der Waals surface area contributed by atoms with Crippen molar-refractivity contribution >= 4 is 11.8 Å². The van der Waals surface area contributed by atoms with E-state index in [1.807, 2.05) is 0 Å². The van der Waals surface area contributed by atoms with E-state index in [-0.39, 0.29) is 0 Å². The highest BCUT2D eigenvalue weighted by molar-refractivity contribution is 5.85. The molecule has 20 heavy (non-hydrogen) atoms. The molecule has 1 amide bonds. The molecule has 0 heterocycles. The first-order chi connectivity index (χ1) is 9.35. The van der Waals surface area contributed by atoms with E-state index in [2.05, 4.69) is 11.9 Å². The van der Waals surface area contributed by atoms with Gasteiger partial charge in [0.2, 0.25) is 0 Å². The van der Waals surface area contributed by atoms with Gasteiger partial charge in [-0.2, -0.15) is 0 Å². The zero-order chi connectivity index (χ0) is 15.2. The Labute approximate surface area is 119 Å². The quantitative estimate of drug-likeness (QED) is 0.837. The van der Waals surface area contributed by atoms with E-state index in [4.69, 9.17) is 14.2 Å². The standard InChI is InChI=1S/C15H21NO4/c1-6-9-19-12-8-7-11(10-13(12)18-5)16-14(17)20-15(2,3)4/h6-8,10H,1,9H2,2-5H3,(H,16,17). The Balaban J connectivity index is 2.77. The molecule has 5 heteroatoms. The maximum absolute atomic E-state index is 11.7. The summed E-state index contributed by atoms with van der Waals surface area (Å²) in [6.07, 6.45) is 1.13. The Kier molecular flexibility index (Phi) is 5.43. The number of hydrogen-bond acceptors (Lipinski definition) is 4. The van der Waals surface area contributed by atoms with Crippen LogP contribution in [0.3, 0.4) is 0 Å². The SMILES string of the molecule is C=CCOc1ccc(NC(=O)OC(C)(C)C)cc1OC. The Morgan fingerprint density at radius 3 is 2.60 bits per heavy atom. The molecule has 0 atom stereocenters. The fourth-order valence-corrected chi connectivity index (χ4v) is 1.43. The number of ether oxygens (including phenoxy) is 3. The second-order valence-corrected chi connectivity index (χ2v) is 5.09. The Morgan fingerprint density at radius 2 is 2.05 bits per heavy atom. The fraction of sp³-hybridized carbons (Fsp3) is 0.400. The molecule has 1 aromatic carbocycles. The lowest BCUT2D eigenvalue weighted by molar-refractivity contribution is 0.0636. The number of benzene rings is 1. The third-order valence-electron chi connectivity index (χ3n) is 2.17. The van der Waals surface area contributed by atoms with Gasteiger partial charge in [-0.3, -0.25) is 5.32 Å². The molecule has 5 nitrogen and oxygen atoms in total. The van der Waals surface area contributed by atoms with Crippen LogP contribution >= 0.6 is 0 Å². The molecule has 0 aromatic heterocycles. The molecule has 110 valence electrons. The largest absolute Gasteiger partial charge is 0.493 e. The molecule has 1 rings (SSSR count). The second-order valence-electron chi connectivity index (χ2n) is 5.09. The third-order valence-corrected chi connectivity index (χ3v) is 2.17.